The van der Waals surface area contributed by atoms with Gasteiger partial charge in [0.2, 0.25) is 5.91 Å². The minimum Gasteiger partial charge on any atom is -0.493 e. The Labute approximate surface area is 199 Å². The van der Waals surface area contributed by atoms with Crippen LogP contribution in [0.1, 0.15) is 23.1 Å². The molecule has 0 aliphatic carbocycles. The average molecular weight is 465 g/mol. The molecule has 5 nitrogen and oxygen atoms in total. The summed E-state index contributed by atoms with van der Waals surface area (Å²) >= 11 is 1.84. The van der Waals surface area contributed by atoms with E-state index in [2.05, 4.69) is 39.4 Å². The summed E-state index contributed by atoms with van der Waals surface area (Å²) in [5.41, 5.74) is 3.72. The quantitative estimate of drug-likeness (QED) is 0.519. The van der Waals surface area contributed by atoms with Crippen LogP contribution in [0.5, 0.6) is 11.5 Å². The molecule has 1 aromatic heterocycles. The highest BCUT2D eigenvalue weighted by molar-refractivity contribution is 7.17. The molecule has 33 heavy (non-hydrogen) atoms. The number of hydrogen-bond donors (Lipinski definition) is 0. The zero-order valence-corrected chi connectivity index (χ0v) is 20.3. The second kappa shape index (κ2) is 9.74. The summed E-state index contributed by atoms with van der Waals surface area (Å²) in [5, 5.41) is 3.72. The van der Waals surface area contributed by atoms with E-state index in [9.17, 15) is 4.79 Å². The normalized spacial score (nSPS) is 19.0. The van der Waals surface area contributed by atoms with Crippen LogP contribution in [0.15, 0.2) is 41.8 Å². The second-order valence-electron chi connectivity index (χ2n) is 9.20. The highest BCUT2D eigenvalue weighted by Gasteiger charge is 2.28. The Morgan fingerprint density at radius 3 is 2.67 bits per heavy atom. The van der Waals surface area contributed by atoms with Crippen LogP contribution in [-0.2, 0) is 24.1 Å². The van der Waals surface area contributed by atoms with Gasteiger partial charge in [0.15, 0.2) is 11.5 Å². The molecule has 2 aromatic carbocycles. The van der Waals surface area contributed by atoms with Crippen molar-refractivity contribution in [2.45, 2.75) is 25.7 Å². The zero-order chi connectivity index (χ0) is 22.8. The Balaban J connectivity index is 1.17. The zero-order valence-electron chi connectivity index (χ0n) is 19.5. The molecule has 0 N–H and O–H groups in total. The van der Waals surface area contributed by atoms with Gasteiger partial charge in [0.1, 0.15) is 0 Å². The molecule has 0 radical (unpaired) electrons. The van der Waals surface area contributed by atoms with Gasteiger partial charge >= 0.3 is 0 Å². The summed E-state index contributed by atoms with van der Waals surface area (Å²) in [7, 11) is 3.30. The molecular weight excluding hydrogens is 432 g/mol. The van der Waals surface area contributed by atoms with Crippen LogP contribution in [0.2, 0.25) is 0 Å². The van der Waals surface area contributed by atoms with E-state index in [1.807, 2.05) is 23.5 Å². The molecule has 3 aromatic rings. The Morgan fingerprint density at radius 1 is 1.06 bits per heavy atom. The summed E-state index contributed by atoms with van der Waals surface area (Å²) in [6, 6.07) is 12.7. The van der Waals surface area contributed by atoms with Crippen LogP contribution >= 0.6 is 11.3 Å². The number of carbonyl (C=O) groups is 1. The van der Waals surface area contributed by atoms with Gasteiger partial charge in [0.25, 0.3) is 0 Å². The van der Waals surface area contributed by atoms with Crippen molar-refractivity contribution in [1.29, 1.82) is 0 Å². The standard InChI is InChI=1S/C27H32N2O3S/c1-31-24-13-20-9-12-29(27(30)15-22(20)14-25(24)32-2)17-19-7-10-28(16-19)11-8-21-18-33-26-6-4-3-5-23(21)26/h3-6,13-14,18-19H,7-12,15-17H2,1-2H3. The lowest BCUT2D eigenvalue weighted by Crippen LogP contribution is -2.37. The second-order valence-corrected chi connectivity index (χ2v) is 10.1. The maximum Gasteiger partial charge on any atom is 0.227 e. The fraction of sp³-hybridized carbons (Fsp3) is 0.444. The van der Waals surface area contributed by atoms with E-state index in [1.54, 1.807) is 14.2 Å². The van der Waals surface area contributed by atoms with Crippen molar-refractivity contribution in [3.05, 3.63) is 58.5 Å². The van der Waals surface area contributed by atoms with Crippen molar-refractivity contribution in [2.24, 2.45) is 5.92 Å². The number of amides is 1. The highest BCUT2D eigenvalue weighted by atomic mass is 32.1. The Kier molecular flexibility index (Phi) is 6.56. The summed E-state index contributed by atoms with van der Waals surface area (Å²) in [6.45, 7) is 4.94. The minimum atomic E-state index is 0.226. The lowest BCUT2D eigenvalue weighted by Gasteiger charge is -2.24. The van der Waals surface area contributed by atoms with Gasteiger partial charge in [-0.1, -0.05) is 18.2 Å². The van der Waals surface area contributed by atoms with Crippen LogP contribution < -0.4 is 9.47 Å². The summed E-state index contributed by atoms with van der Waals surface area (Å²) in [6.07, 6.45) is 3.57. The average Bonchev–Trinajstić information content (AvgIpc) is 3.43. The minimum absolute atomic E-state index is 0.226. The van der Waals surface area contributed by atoms with Gasteiger partial charge in [-0.2, -0.15) is 0 Å². The molecule has 3 heterocycles. The predicted octanol–water partition coefficient (Wildman–Crippen LogP) is 4.41. The largest absolute Gasteiger partial charge is 0.493 e. The third-order valence-electron chi connectivity index (χ3n) is 7.16. The predicted molar refractivity (Wildman–Crippen MR) is 134 cm³/mol. The smallest absolute Gasteiger partial charge is 0.227 e. The van der Waals surface area contributed by atoms with E-state index in [1.165, 1.54) is 27.6 Å². The van der Waals surface area contributed by atoms with Crippen LogP contribution in [0.4, 0.5) is 0 Å². The van der Waals surface area contributed by atoms with Gasteiger partial charge in [0, 0.05) is 30.9 Å². The maximum absolute atomic E-state index is 13.0. The Bertz CT molecular complexity index is 1140. The van der Waals surface area contributed by atoms with Crippen molar-refractivity contribution in [3.63, 3.8) is 0 Å². The van der Waals surface area contributed by atoms with Gasteiger partial charge < -0.3 is 19.3 Å². The van der Waals surface area contributed by atoms with Gasteiger partial charge in [-0.25, -0.2) is 0 Å². The number of nitrogens with zero attached hydrogens (tertiary/aromatic N) is 2. The first-order chi connectivity index (χ1) is 16.1. The molecule has 0 bridgehead atoms. The number of benzene rings is 2. The summed E-state index contributed by atoms with van der Waals surface area (Å²) in [5.74, 6) is 2.21. The number of methoxy groups -OCH3 is 2. The van der Waals surface area contributed by atoms with Crippen LogP contribution in [0, 0.1) is 5.92 Å². The molecule has 6 heteroatoms. The molecule has 174 valence electrons. The van der Waals surface area contributed by atoms with Crippen molar-refractivity contribution < 1.29 is 14.3 Å². The topological polar surface area (TPSA) is 42.0 Å². The van der Waals surface area contributed by atoms with Crippen molar-refractivity contribution >= 4 is 27.3 Å². The fourth-order valence-electron chi connectivity index (χ4n) is 5.29. The number of ether oxygens (including phenoxy) is 2. The summed E-state index contributed by atoms with van der Waals surface area (Å²) < 4.78 is 12.3. The molecule has 1 fully saturated rings. The van der Waals surface area contributed by atoms with E-state index in [-0.39, 0.29) is 5.91 Å². The van der Waals surface area contributed by atoms with Crippen LogP contribution in [0.25, 0.3) is 10.1 Å². The lowest BCUT2D eigenvalue weighted by atomic mass is 10.0. The van der Waals surface area contributed by atoms with Gasteiger partial charge in [-0.3, -0.25) is 4.79 Å². The molecule has 2 aliphatic rings. The van der Waals surface area contributed by atoms with Gasteiger partial charge in [0.05, 0.1) is 20.6 Å². The number of rotatable bonds is 7. The molecule has 1 unspecified atom stereocenters. The summed E-state index contributed by atoms with van der Waals surface area (Å²) in [4.78, 5) is 17.7. The van der Waals surface area contributed by atoms with Crippen molar-refractivity contribution in [2.75, 3.05) is 46.9 Å². The number of carbonyl (C=O) groups excluding carboxylic acids is 1. The molecule has 0 spiro atoms. The van der Waals surface area contributed by atoms with E-state index in [0.717, 1.165) is 56.9 Å². The van der Waals surface area contributed by atoms with Gasteiger partial charge in [-0.05, 0) is 77.4 Å². The Hall–Kier alpha value is -2.57. The first-order valence-electron chi connectivity index (χ1n) is 11.8. The van der Waals surface area contributed by atoms with Gasteiger partial charge in [-0.15, -0.1) is 11.3 Å². The monoisotopic (exact) mass is 464 g/mol. The third-order valence-corrected chi connectivity index (χ3v) is 8.17. The van der Waals surface area contributed by atoms with Crippen LogP contribution in [0.3, 0.4) is 0 Å². The first kappa shape index (κ1) is 22.2. The Morgan fingerprint density at radius 2 is 1.85 bits per heavy atom. The lowest BCUT2D eigenvalue weighted by molar-refractivity contribution is -0.130. The molecule has 1 atom stereocenters. The fourth-order valence-corrected chi connectivity index (χ4v) is 6.29. The molecule has 2 aliphatic heterocycles. The number of hydrogen-bond acceptors (Lipinski definition) is 5. The number of fused-ring (bicyclic) bond motifs is 2. The molecule has 0 saturated carbocycles. The van der Waals surface area contributed by atoms with E-state index in [4.69, 9.17) is 9.47 Å². The number of likely N-dealkylation sites (tertiary alicyclic amines) is 1. The highest BCUT2D eigenvalue weighted by Crippen LogP contribution is 2.33. The number of thiophene rings is 1. The first-order valence-corrected chi connectivity index (χ1v) is 12.7. The third kappa shape index (κ3) is 4.73. The SMILES string of the molecule is COc1cc2c(cc1OC)CC(=O)N(CC1CCN(CCc3csc4ccccc34)C1)CC2. The molecule has 1 saturated heterocycles. The van der Waals surface area contributed by atoms with E-state index >= 15 is 0 Å². The van der Waals surface area contributed by atoms with Crippen LogP contribution in [-0.4, -0.2) is 62.7 Å². The molecule has 5 rings (SSSR count). The van der Waals surface area contributed by atoms with Crippen molar-refractivity contribution in [1.82, 2.24) is 9.80 Å². The molecule has 1 amide bonds. The molecular formula is C27H32N2O3S. The van der Waals surface area contributed by atoms with Crippen molar-refractivity contribution in [3.8, 4) is 11.5 Å². The van der Waals surface area contributed by atoms with E-state index in [0.29, 0.717) is 18.1 Å². The van der Waals surface area contributed by atoms with E-state index < -0.39 is 0 Å². The maximum atomic E-state index is 13.0.